The van der Waals surface area contributed by atoms with E-state index in [1.54, 1.807) is 20.4 Å². The van der Waals surface area contributed by atoms with E-state index in [0.29, 0.717) is 18.8 Å². The van der Waals surface area contributed by atoms with Crippen molar-refractivity contribution in [1.29, 1.82) is 0 Å². The number of rotatable bonds is 8. The van der Waals surface area contributed by atoms with Crippen molar-refractivity contribution in [2.75, 3.05) is 27.4 Å². The van der Waals surface area contributed by atoms with E-state index in [2.05, 4.69) is 10.3 Å². The van der Waals surface area contributed by atoms with Crippen molar-refractivity contribution in [3.63, 3.8) is 0 Å². The summed E-state index contributed by atoms with van der Waals surface area (Å²) in [5.41, 5.74) is 2.03. The fourth-order valence-electron chi connectivity index (χ4n) is 3.63. The van der Waals surface area contributed by atoms with Crippen LogP contribution in [0.2, 0.25) is 0 Å². The molecule has 1 aliphatic rings. The normalized spacial score (nSPS) is 15.6. The van der Waals surface area contributed by atoms with E-state index in [0.717, 1.165) is 48.7 Å². The van der Waals surface area contributed by atoms with Gasteiger partial charge in [0.05, 0.1) is 20.3 Å². The van der Waals surface area contributed by atoms with Crippen LogP contribution in [0.1, 0.15) is 36.4 Å². The van der Waals surface area contributed by atoms with Gasteiger partial charge in [-0.15, -0.1) is 0 Å². The predicted octanol–water partition coefficient (Wildman–Crippen LogP) is 3.32. The molecule has 0 bridgehead atoms. The Balaban J connectivity index is 1.65. The standard InChI is InChI=1S/C22H28N2O4/c1-26-19-7-5-16(20(14-19)27-2)6-8-21(25)24-22(17-9-12-28-13-10-17)18-4-3-11-23-15-18/h3-5,7,11,14-15,17,22H,6,8-10,12-13H2,1-2H3,(H,24,25). The molecule has 1 N–H and O–H groups in total. The van der Waals surface area contributed by atoms with E-state index >= 15 is 0 Å². The molecule has 2 heterocycles. The molecular weight excluding hydrogens is 356 g/mol. The Morgan fingerprint density at radius 3 is 2.75 bits per heavy atom. The van der Waals surface area contributed by atoms with Gasteiger partial charge in [0.15, 0.2) is 0 Å². The third kappa shape index (κ3) is 5.23. The molecule has 1 atom stereocenters. The number of ether oxygens (including phenoxy) is 3. The number of aromatic nitrogens is 1. The van der Waals surface area contributed by atoms with Crippen LogP contribution in [-0.4, -0.2) is 38.3 Å². The molecule has 1 saturated heterocycles. The van der Waals surface area contributed by atoms with Gasteiger partial charge in [0.25, 0.3) is 0 Å². The Hall–Kier alpha value is -2.60. The molecule has 2 aromatic rings. The Labute approximate surface area is 166 Å². The number of methoxy groups -OCH3 is 2. The highest BCUT2D eigenvalue weighted by molar-refractivity contribution is 5.77. The topological polar surface area (TPSA) is 69.7 Å². The molecular formula is C22H28N2O4. The van der Waals surface area contributed by atoms with E-state index < -0.39 is 0 Å². The summed E-state index contributed by atoms with van der Waals surface area (Å²) in [6, 6.07) is 9.57. The summed E-state index contributed by atoms with van der Waals surface area (Å²) in [5.74, 6) is 1.86. The summed E-state index contributed by atoms with van der Waals surface area (Å²) in [4.78, 5) is 17.0. The first-order valence-corrected chi connectivity index (χ1v) is 9.69. The first kappa shape index (κ1) is 20.1. The van der Waals surface area contributed by atoms with Crippen molar-refractivity contribution in [2.24, 2.45) is 5.92 Å². The van der Waals surface area contributed by atoms with Crippen molar-refractivity contribution in [3.05, 3.63) is 53.9 Å². The van der Waals surface area contributed by atoms with Crippen LogP contribution in [0.5, 0.6) is 11.5 Å². The van der Waals surface area contributed by atoms with Gasteiger partial charge < -0.3 is 19.5 Å². The Morgan fingerprint density at radius 1 is 1.25 bits per heavy atom. The second-order valence-corrected chi connectivity index (χ2v) is 6.96. The van der Waals surface area contributed by atoms with E-state index in [9.17, 15) is 4.79 Å². The van der Waals surface area contributed by atoms with Gasteiger partial charge in [-0.2, -0.15) is 0 Å². The maximum absolute atomic E-state index is 12.7. The molecule has 1 fully saturated rings. The number of nitrogens with one attached hydrogen (secondary N) is 1. The lowest BCUT2D eigenvalue weighted by atomic mass is 9.87. The first-order valence-electron chi connectivity index (χ1n) is 9.69. The highest BCUT2D eigenvalue weighted by Crippen LogP contribution is 2.30. The number of hydrogen-bond acceptors (Lipinski definition) is 5. The fraction of sp³-hybridized carbons (Fsp3) is 0.455. The second kappa shape index (κ2) is 10.1. The average molecular weight is 384 g/mol. The number of carbonyl (C=O) groups is 1. The average Bonchev–Trinajstić information content (AvgIpc) is 2.77. The van der Waals surface area contributed by atoms with E-state index in [1.165, 1.54) is 0 Å². The monoisotopic (exact) mass is 384 g/mol. The third-order valence-electron chi connectivity index (χ3n) is 5.21. The summed E-state index contributed by atoms with van der Waals surface area (Å²) < 4.78 is 16.2. The summed E-state index contributed by atoms with van der Waals surface area (Å²) in [6.45, 7) is 1.47. The van der Waals surface area contributed by atoms with Crippen molar-refractivity contribution in [1.82, 2.24) is 10.3 Å². The zero-order valence-corrected chi connectivity index (χ0v) is 16.5. The van der Waals surface area contributed by atoms with Gasteiger partial charge in [-0.25, -0.2) is 0 Å². The van der Waals surface area contributed by atoms with Crippen molar-refractivity contribution < 1.29 is 19.0 Å². The minimum absolute atomic E-state index is 0.0261. The number of amides is 1. The predicted molar refractivity (Wildman–Crippen MR) is 107 cm³/mol. The number of nitrogens with zero attached hydrogens (tertiary/aromatic N) is 1. The van der Waals surface area contributed by atoms with Gasteiger partial charge in [-0.05, 0) is 48.4 Å². The van der Waals surface area contributed by atoms with Crippen molar-refractivity contribution >= 4 is 5.91 Å². The number of pyridine rings is 1. The summed E-state index contributed by atoms with van der Waals surface area (Å²) in [6.07, 6.45) is 6.46. The zero-order chi connectivity index (χ0) is 19.8. The summed E-state index contributed by atoms with van der Waals surface area (Å²) >= 11 is 0. The Kier molecular flexibility index (Phi) is 7.25. The second-order valence-electron chi connectivity index (χ2n) is 6.96. The van der Waals surface area contributed by atoms with E-state index in [1.807, 2.05) is 36.5 Å². The maximum atomic E-state index is 12.7. The van der Waals surface area contributed by atoms with Gasteiger partial charge in [0.2, 0.25) is 5.91 Å². The lowest BCUT2D eigenvalue weighted by Crippen LogP contribution is -2.36. The molecule has 3 rings (SSSR count). The molecule has 1 unspecified atom stereocenters. The van der Waals surface area contributed by atoms with E-state index in [4.69, 9.17) is 14.2 Å². The number of hydrogen-bond donors (Lipinski definition) is 1. The van der Waals surface area contributed by atoms with Gasteiger partial charge >= 0.3 is 0 Å². The lowest BCUT2D eigenvalue weighted by Gasteiger charge is -2.31. The minimum atomic E-state index is -0.0390. The molecule has 1 amide bonds. The van der Waals surface area contributed by atoms with E-state index in [-0.39, 0.29) is 11.9 Å². The molecule has 150 valence electrons. The highest BCUT2D eigenvalue weighted by Gasteiger charge is 2.27. The quantitative estimate of drug-likeness (QED) is 0.756. The molecule has 0 aliphatic carbocycles. The minimum Gasteiger partial charge on any atom is -0.497 e. The number of benzene rings is 1. The lowest BCUT2D eigenvalue weighted by molar-refractivity contribution is -0.122. The molecule has 1 aliphatic heterocycles. The van der Waals surface area contributed by atoms with Crippen LogP contribution in [0, 0.1) is 5.92 Å². The largest absolute Gasteiger partial charge is 0.497 e. The van der Waals surface area contributed by atoms with Gasteiger partial charge in [0.1, 0.15) is 11.5 Å². The zero-order valence-electron chi connectivity index (χ0n) is 16.5. The fourth-order valence-corrected chi connectivity index (χ4v) is 3.63. The Morgan fingerprint density at radius 2 is 2.07 bits per heavy atom. The van der Waals surface area contributed by atoms with Crippen LogP contribution in [-0.2, 0) is 16.0 Å². The molecule has 28 heavy (non-hydrogen) atoms. The maximum Gasteiger partial charge on any atom is 0.220 e. The molecule has 0 spiro atoms. The van der Waals surface area contributed by atoms with Crippen LogP contribution >= 0.6 is 0 Å². The SMILES string of the molecule is COc1ccc(CCC(=O)NC(c2cccnc2)C2CCOCC2)c(OC)c1. The van der Waals surface area contributed by atoms with Gasteiger partial charge in [-0.3, -0.25) is 9.78 Å². The van der Waals surface area contributed by atoms with Crippen LogP contribution in [0.25, 0.3) is 0 Å². The van der Waals surface area contributed by atoms with Crippen LogP contribution in [0.15, 0.2) is 42.7 Å². The molecule has 0 radical (unpaired) electrons. The third-order valence-corrected chi connectivity index (χ3v) is 5.21. The number of carbonyl (C=O) groups excluding carboxylic acids is 1. The van der Waals surface area contributed by atoms with Crippen LogP contribution < -0.4 is 14.8 Å². The smallest absolute Gasteiger partial charge is 0.220 e. The molecule has 6 heteroatoms. The van der Waals surface area contributed by atoms with Gasteiger partial charge in [0, 0.05) is 38.1 Å². The summed E-state index contributed by atoms with van der Waals surface area (Å²) in [5, 5.41) is 3.23. The van der Waals surface area contributed by atoms with Crippen molar-refractivity contribution in [2.45, 2.75) is 31.7 Å². The van der Waals surface area contributed by atoms with Crippen LogP contribution in [0.4, 0.5) is 0 Å². The first-order chi connectivity index (χ1) is 13.7. The van der Waals surface area contributed by atoms with Crippen molar-refractivity contribution in [3.8, 4) is 11.5 Å². The van der Waals surface area contributed by atoms with Gasteiger partial charge in [-0.1, -0.05) is 12.1 Å². The van der Waals surface area contributed by atoms with Crippen LogP contribution in [0.3, 0.4) is 0 Å². The highest BCUT2D eigenvalue weighted by atomic mass is 16.5. The number of aryl methyl sites for hydroxylation is 1. The molecule has 6 nitrogen and oxygen atoms in total. The molecule has 1 aromatic heterocycles. The summed E-state index contributed by atoms with van der Waals surface area (Å²) in [7, 11) is 3.25. The molecule has 0 saturated carbocycles. The molecule has 1 aromatic carbocycles. The Bertz CT molecular complexity index is 760.